The fourth-order valence-corrected chi connectivity index (χ4v) is 6.25. The topological polar surface area (TPSA) is 6.48 Å². The van der Waals surface area contributed by atoms with Crippen LogP contribution in [0.5, 0.6) is 0 Å². The minimum Gasteiger partial charge on any atom is -0.300 e. The quantitative estimate of drug-likeness (QED) is 0.838. The molecule has 2 aliphatic rings. The zero-order valence-corrected chi connectivity index (χ0v) is 14.8. The highest BCUT2D eigenvalue weighted by atomic mass is 32.2. The maximum atomic E-state index is 2.67. The fraction of sp³-hybridized carbons (Fsp3) is 0.647. The Hall–Kier alpha value is -0.160. The normalized spacial score (nSPS) is 27.0. The number of nitrogens with zero attached hydrogens (tertiary/aromatic N) is 2. The van der Waals surface area contributed by atoms with Crippen molar-refractivity contribution in [3.8, 4) is 0 Å². The molecule has 0 bridgehead atoms. The summed E-state index contributed by atoms with van der Waals surface area (Å²) in [5.74, 6) is 1.32. The van der Waals surface area contributed by atoms with E-state index in [1.807, 2.05) is 0 Å². The predicted molar refractivity (Wildman–Crippen MR) is 96.1 cm³/mol. The number of hydrogen-bond donors (Lipinski definition) is 0. The van der Waals surface area contributed by atoms with E-state index in [0.29, 0.717) is 4.08 Å². The first kappa shape index (κ1) is 15.7. The maximum absolute atomic E-state index is 2.67. The molecule has 2 saturated heterocycles. The van der Waals surface area contributed by atoms with E-state index in [9.17, 15) is 0 Å². The number of rotatable bonds is 4. The van der Waals surface area contributed by atoms with Crippen molar-refractivity contribution in [3.05, 3.63) is 35.9 Å². The van der Waals surface area contributed by atoms with Crippen molar-refractivity contribution < 1.29 is 0 Å². The van der Waals surface area contributed by atoms with Crippen LogP contribution in [0.3, 0.4) is 0 Å². The summed E-state index contributed by atoms with van der Waals surface area (Å²) < 4.78 is 0.430. The second-order valence-corrected chi connectivity index (χ2v) is 10.3. The Balaban J connectivity index is 1.41. The van der Waals surface area contributed by atoms with Gasteiger partial charge < -0.3 is 0 Å². The summed E-state index contributed by atoms with van der Waals surface area (Å²) in [5.41, 5.74) is 1.44. The van der Waals surface area contributed by atoms with Crippen molar-refractivity contribution in [1.82, 2.24) is 9.80 Å². The second-order valence-electron chi connectivity index (χ2n) is 6.51. The van der Waals surface area contributed by atoms with Crippen molar-refractivity contribution in [1.29, 1.82) is 0 Å². The van der Waals surface area contributed by atoms with Gasteiger partial charge in [-0.15, -0.1) is 23.5 Å². The first-order valence-electron chi connectivity index (χ1n) is 7.91. The Labute approximate surface area is 137 Å². The Morgan fingerprint density at radius 3 is 2.33 bits per heavy atom. The van der Waals surface area contributed by atoms with Crippen molar-refractivity contribution in [2.45, 2.75) is 29.7 Å². The summed E-state index contributed by atoms with van der Waals surface area (Å²) in [6.07, 6.45) is 0. The van der Waals surface area contributed by atoms with Gasteiger partial charge in [0.05, 0.1) is 4.08 Å². The van der Waals surface area contributed by atoms with Crippen molar-refractivity contribution in [2.24, 2.45) is 0 Å². The minimum atomic E-state index is 0.430. The van der Waals surface area contributed by atoms with Crippen LogP contribution in [-0.2, 0) is 6.54 Å². The van der Waals surface area contributed by atoms with Gasteiger partial charge in [-0.25, -0.2) is 0 Å². The van der Waals surface area contributed by atoms with E-state index in [1.54, 1.807) is 0 Å². The molecule has 2 nitrogen and oxygen atoms in total. The van der Waals surface area contributed by atoms with Gasteiger partial charge in [-0.2, -0.15) is 0 Å². The van der Waals surface area contributed by atoms with Gasteiger partial charge in [0, 0.05) is 50.3 Å². The molecule has 2 fully saturated rings. The van der Waals surface area contributed by atoms with Gasteiger partial charge in [0.15, 0.2) is 0 Å². The average molecular weight is 323 g/mol. The Morgan fingerprint density at radius 2 is 1.71 bits per heavy atom. The number of hydrogen-bond acceptors (Lipinski definition) is 4. The molecule has 4 heteroatoms. The maximum Gasteiger partial charge on any atom is 0.0559 e. The molecule has 3 rings (SSSR count). The van der Waals surface area contributed by atoms with Crippen LogP contribution in [0.25, 0.3) is 0 Å². The van der Waals surface area contributed by atoms with Gasteiger partial charge in [-0.3, -0.25) is 9.80 Å². The second kappa shape index (κ2) is 6.95. The van der Waals surface area contributed by atoms with Crippen LogP contribution in [0.4, 0.5) is 0 Å². The Kier molecular flexibility index (Phi) is 5.20. The van der Waals surface area contributed by atoms with Crippen LogP contribution in [0.15, 0.2) is 30.3 Å². The molecule has 21 heavy (non-hydrogen) atoms. The number of piperazine rings is 1. The Morgan fingerprint density at radius 1 is 1.05 bits per heavy atom. The summed E-state index contributed by atoms with van der Waals surface area (Å²) >= 11 is 4.30. The summed E-state index contributed by atoms with van der Waals surface area (Å²) in [7, 11) is 0. The van der Waals surface area contributed by atoms with Crippen molar-refractivity contribution in [3.63, 3.8) is 0 Å². The van der Waals surface area contributed by atoms with E-state index >= 15 is 0 Å². The molecule has 0 aliphatic carbocycles. The Bertz CT molecular complexity index is 441. The first-order chi connectivity index (χ1) is 10.1. The van der Waals surface area contributed by atoms with Crippen LogP contribution >= 0.6 is 23.5 Å². The molecule has 1 unspecified atom stereocenters. The third-order valence-electron chi connectivity index (χ3n) is 4.24. The lowest BCUT2D eigenvalue weighted by atomic mass is 10.2. The van der Waals surface area contributed by atoms with Gasteiger partial charge in [0.2, 0.25) is 0 Å². The lowest BCUT2D eigenvalue weighted by molar-refractivity contribution is 0.129. The highest BCUT2D eigenvalue weighted by molar-refractivity contribution is 8.21. The zero-order valence-electron chi connectivity index (χ0n) is 13.1. The molecule has 0 saturated carbocycles. The largest absolute Gasteiger partial charge is 0.300 e. The summed E-state index contributed by atoms with van der Waals surface area (Å²) in [5, 5.41) is 0.825. The van der Waals surface area contributed by atoms with E-state index in [2.05, 4.69) is 77.5 Å². The lowest BCUT2D eigenvalue weighted by Crippen LogP contribution is -2.47. The van der Waals surface area contributed by atoms with Crippen LogP contribution in [0, 0.1) is 0 Å². The summed E-state index contributed by atoms with van der Waals surface area (Å²) in [6, 6.07) is 10.9. The minimum absolute atomic E-state index is 0.430. The zero-order chi connectivity index (χ0) is 14.7. The molecule has 2 aliphatic heterocycles. The van der Waals surface area contributed by atoms with Crippen LogP contribution in [0.1, 0.15) is 19.4 Å². The molecule has 2 heterocycles. The van der Waals surface area contributed by atoms with Crippen LogP contribution in [0.2, 0.25) is 0 Å². The van der Waals surface area contributed by atoms with E-state index in [-0.39, 0.29) is 0 Å². The van der Waals surface area contributed by atoms with E-state index in [0.717, 1.165) is 11.8 Å². The molecule has 1 aromatic carbocycles. The summed E-state index contributed by atoms with van der Waals surface area (Å²) in [4.78, 5) is 5.26. The highest BCUT2D eigenvalue weighted by Gasteiger charge is 2.33. The monoisotopic (exact) mass is 322 g/mol. The van der Waals surface area contributed by atoms with Gasteiger partial charge >= 0.3 is 0 Å². The molecular weight excluding hydrogens is 296 g/mol. The first-order valence-corrected chi connectivity index (χ1v) is 9.78. The van der Waals surface area contributed by atoms with E-state index < -0.39 is 0 Å². The number of thioether (sulfide) groups is 2. The fourth-order valence-electron chi connectivity index (χ4n) is 3.11. The van der Waals surface area contributed by atoms with Crippen molar-refractivity contribution >= 4 is 23.5 Å². The highest BCUT2D eigenvalue weighted by Crippen LogP contribution is 2.47. The van der Waals surface area contributed by atoms with Gasteiger partial charge in [0.1, 0.15) is 0 Å². The smallest absolute Gasteiger partial charge is 0.0559 e. The van der Waals surface area contributed by atoms with Gasteiger partial charge in [0.25, 0.3) is 0 Å². The molecule has 1 atom stereocenters. The van der Waals surface area contributed by atoms with Gasteiger partial charge in [-0.05, 0) is 19.4 Å². The number of benzene rings is 1. The van der Waals surface area contributed by atoms with E-state index in [4.69, 9.17) is 0 Å². The lowest BCUT2D eigenvalue weighted by Gasteiger charge is -2.35. The molecule has 116 valence electrons. The summed E-state index contributed by atoms with van der Waals surface area (Å²) in [6.45, 7) is 12.0. The molecule has 0 N–H and O–H groups in total. The molecule has 0 radical (unpaired) electrons. The SMILES string of the molecule is CC1(C)SCC(CN2CCN(Cc3ccccc3)CC2)S1. The third kappa shape index (κ3) is 4.65. The molecular formula is C17H26N2S2. The molecule has 0 spiro atoms. The predicted octanol–water partition coefficient (Wildman–Crippen LogP) is 3.39. The molecule has 0 aromatic heterocycles. The van der Waals surface area contributed by atoms with Gasteiger partial charge in [-0.1, -0.05) is 30.3 Å². The van der Waals surface area contributed by atoms with E-state index in [1.165, 1.54) is 44.0 Å². The average Bonchev–Trinajstić information content (AvgIpc) is 2.81. The molecule has 1 aromatic rings. The molecule has 0 amide bonds. The standard InChI is InChI=1S/C17H26N2S2/c1-17(2)20-14-16(21-17)13-19-10-8-18(9-11-19)12-15-6-4-3-5-7-15/h3-7,16H,8-14H2,1-2H3. The van der Waals surface area contributed by atoms with Crippen LogP contribution < -0.4 is 0 Å². The third-order valence-corrected chi connectivity index (χ3v) is 7.58. The van der Waals surface area contributed by atoms with Crippen LogP contribution in [-0.4, -0.2) is 57.6 Å². The van der Waals surface area contributed by atoms with Crippen molar-refractivity contribution in [2.75, 3.05) is 38.5 Å².